The molecule has 1 atom stereocenters. The van der Waals surface area contributed by atoms with Gasteiger partial charge in [-0.05, 0) is 31.2 Å². The van der Waals surface area contributed by atoms with Crippen LogP contribution < -0.4 is 0 Å². The fourth-order valence-electron chi connectivity index (χ4n) is 2.73. The third kappa shape index (κ3) is 5.39. The van der Waals surface area contributed by atoms with Gasteiger partial charge in [0.15, 0.2) is 0 Å². The molecular weight excluding hydrogens is 290 g/mol. The van der Waals surface area contributed by atoms with Crippen LogP contribution in [0.5, 0.6) is 0 Å². The molecule has 0 saturated carbocycles. The van der Waals surface area contributed by atoms with Crippen molar-refractivity contribution in [3.8, 4) is 0 Å². The largest absolute Gasteiger partial charge is 0.447 e. The molecule has 2 rings (SSSR count). The van der Waals surface area contributed by atoms with Crippen molar-refractivity contribution in [1.29, 1.82) is 0 Å². The van der Waals surface area contributed by atoms with E-state index < -0.39 is 0 Å². The number of unbranched alkanes of at least 4 members (excludes halogenated alkanes) is 1. The maximum absolute atomic E-state index is 12.0. The average molecular weight is 317 g/mol. The van der Waals surface area contributed by atoms with Crippen molar-refractivity contribution in [3.05, 3.63) is 48.2 Å². The number of benzene rings is 1. The van der Waals surface area contributed by atoms with Crippen molar-refractivity contribution >= 4 is 6.09 Å². The molecule has 0 bridgehead atoms. The summed E-state index contributed by atoms with van der Waals surface area (Å²) in [6.45, 7) is 8.19. The first kappa shape index (κ1) is 17.5. The fourth-order valence-corrected chi connectivity index (χ4v) is 2.73. The van der Waals surface area contributed by atoms with Crippen LogP contribution in [0.15, 0.2) is 42.6 Å². The van der Waals surface area contributed by atoms with Gasteiger partial charge in [0, 0.05) is 18.9 Å². The fraction of sp³-hybridized carbons (Fsp3) is 0.526. The van der Waals surface area contributed by atoms with E-state index >= 15 is 0 Å². The first-order valence-corrected chi connectivity index (χ1v) is 8.47. The summed E-state index contributed by atoms with van der Waals surface area (Å²) in [6, 6.07) is 10.2. The van der Waals surface area contributed by atoms with Crippen LogP contribution >= 0.6 is 0 Å². The Bertz CT molecular complexity index is 501. The number of amides is 1. The Hall–Kier alpha value is -1.81. The number of cyclic esters (lactones) is 1. The summed E-state index contributed by atoms with van der Waals surface area (Å²) < 4.78 is 10.8. The van der Waals surface area contributed by atoms with Gasteiger partial charge in [-0.25, -0.2) is 4.79 Å². The molecule has 0 radical (unpaired) electrons. The Morgan fingerprint density at radius 3 is 2.78 bits per heavy atom. The zero-order chi connectivity index (χ0) is 16.5. The molecule has 0 N–H and O–H groups in total. The first-order chi connectivity index (χ1) is 11.2. The van der Waals surface area contributed by atoms with Gasteiger partial charge in [-0.1, -0.05) is 50.3 Å². The van der Waals surface area contributed by atoms with Gasteiger partial charge in [0.2, 0.25) is 0 Å². The molecule has 1 saturated heterocycles. The molecule has 1 heterocycles. The standard InChI is InChI=1S/C19H27NO3/c1-3-4-12-22-13-8-9-16(2)20-18(15-23-19(20)21)14-17-10-6-5-7-11-17/h5-7,10-11,18H,2-4,8-9,12-15H2,1H3/t18-/m1/s1. The lowest BCUT2D eigenvalue weighted by molar-refractivity contribution is 0.127. The maximum atomic E-state index is 12.0. The molecule has 0 aliphatic carbocycles. The second-order valence-electron chi connectivity index (χ2n) is 5.93. The van der Waals surface area contributed by atoms with E-state index in [9.17, 15) is 4.79 Å². The Balaban J connectivity index is 1.80. The first-order valence-electron chi connectivity index (χ1n) is 8.47. The molecule has 1 aliphatic rings. The molecule has 0 unspecified atom stereocenters. The third-order valence-corrected chi connectivity index (χ3v) is 4.01. The second kappa shape index (κ2) is 9.36. The van der Waals surface area contributed by atoms with Crippen molar-refractivity contribution in [1.82, 2.24) is 4.90 Å². The van der Waals surface area contributed by atoms with Crippen molar-refractivity contribution in [3.63, 3.8) is 0 Å². The van der Waals surface area contributed by atoms with Gasteiger partial charge >= 0.3 is 6.09 Å². The van der Waals surface area contributed by atoms with Crippen molar-refractivity contribution < 1.29 is 14.3 Å². The van der Waals surface area contributed by atoms with Crippen LogP contribution in [-0.4, -0.2) is 36.9 Å². The predicted molar refractivity (Wildman–Crippen MR) is 91.2 cm³/mol. The molecule has 4 nitrogen and oxygen atoms in total. The number of carbonyl (C=O) groups excluding carboxylic acids is 1. The Kier molecular flexibility index (Phi) is 7.14. The molecule has 23 heavy (non-hydrogen) atoms. The zero-order valence-electron chi connectivity index (χ0n) is 14.0. The van der Waals surface area contributed by atoms with Gasteiger partial charge in [-0.2, -0.15) is 0 Å². The minimum Gasteiger partial charge on any atom is -0.447 e. The van der Waals surface area contributed by atoms with Gasteiger partial charge in [-0.3, -0.25) is 4.90 Å². The number of carbonyl (C=O) groups is 1. The van der Waals surface area contributed by atoms with E-state index in [1.165, 1.54) is 5.56 Å². The molecule has 4 heteroatoms. The van der Waals surface area contributed by atoms with Crippen LogP contribution in [-0.2, 0) is 15.9 Å². The summed E-state index contributed by atoms with van der Waals surface area (Å²) in [4.78, 5) is 13.7. The van der Waals surface area contributed by atoms with E-state index in [-0.39, 0.29) is 12.1 Å². The number of allylic oxidation sites excluding steroid dienone is 1. The van der Waals surface area contributed by atoms with E-state index in [2.05, 4.69) is 25.6 Å². The third-order valence-electron chi connectivity index (χ3n) is 4.01. The zero-order valence-corrected chi connectivity index (χ0v) is 14.0. The van der Waals surface area contributed by atoms with Gasteiger partial charge in [0.1, 0.15) is 6.61 Å². The van der Waals surface area contributed by atoms with Crippen LogP contribution in [0.4, 0.5) is 4.79 Å². The number of hydrogen-bond donors (Lipinski definition) is 0. The number of nitrogens with zero attached hydrogens (tertiary/aromatic N) is 1. The van der Waals surface area contributed by atoms with Gasteiger partial charge in [0.05, 0.1) is 6.04 Å². The van der Waals surface area contributed by atoms with E-state index in [4.69, 9.17) is 9.47 Å². The van der Waals surface area contributed by atoms with Crippen molar-refractivity contribution in [2.75, 3.05) is 19.8 Å². The van der Waals surface area contributed by atoms with Crippen LogP contribution in [0, 0.1) is 0 Å². The Morgan fingerprint density at radius 2 is 2.04 bits per heavy atom. The highest BCUT2D eigenvalue weighted by Gasteiger charge is 2.34. The molecule has 1 amide bonds. The maximum Gasteiger partial charge on any atom is 0.414 e. The lowest BCUT2D eigenvalue weighted by Crippen LogP contribution is -2.34. The highest BCUT2D eigenvalue weighted by atomic mass is 16.6. The quantitative estimate of drug-likeness (QED) is 0.608. The van der Waals surface area contributed by atoms with Crippen LogP contribution in [0.3, 0.4) is 0 Å². The molecule has 1 aromatic carbocycles. The Labute approximate surface area is 139 Å². The van der Waals surface area contributed by atoms with E-state index in [1.807, 2.05) is 18.2 Å². The van der Waals surface area contributed by atoms with Gasteiger partial charge in [-0.15, -0.1) is 0 Å². The Morgan fingerprint density at radius 1 is 1.30 bits per heavy atom. The number of rotatable bonds is 10. The average Bonchev–Trinajstić information content (AvgIpc) is 2.92. The SMILES string of the molecule is C=C(CCCOCCCC)N1C(=O)OC[C@H]1Cc1ccccc1. The van der Waals surface area contributed by atoms with E-state index in [0.717, 1.165) is 44.4 Å². The minimum absolute atomic E-state index is 0.0402. The molecule has 0 aromatic heterocycles. The molecule has 1 aliphatic heterocycles. The number of ether oxygens (including phenoxy) is 2. The molecule has 0 spiro atoms. The summed E-state index contributed by atoms with van der Waals surface area (Å²) in [5, 5.41) is 0. The van der Waals surface area contributed by atoms with E-state index in [0.29, 0.717) is 13.2 Å². The summed E-state index contributed by atoms with van der Waals surface area (Å²) >= 11 is 0. The lowest BCUT2D eigenvalue weighted by Gasteiger charge is -2.23. The number of hydrogen-bond acceptors (Lipinski definition) is 3. The minimum atomic E-state index is -0.275. The molecular formula is C19H27NO3. The van der Waals surface area contributed by atoms with E-state index in [1.54, 1.807) is 4.90 Å². The van der Waals surface area contributed by atoms with Crippen LogP contribution in [0.2, 0.25) is 0 Å². The second-order valence-corrected chi connectivity index (χ2v) is 5.93. The molecule has 126 valence electrons. The van der Waals surface area contributed by atoms with Gasteiger partial charge in [0.25, 0.3) is 0 Å². The monoisotopic (exact) mass is 317 g/mol. The summed E-state index contributed by atoms with van der Waals surface area (Å²) in [5.74, 6) is 0. The summed E-state index contributed by atoms with van der Waals surface area (Å²) in [5.41, 5.74) is 2.03. The summed E-state index contributed by atoms with van der Waals surface area (Å²) in [6.07, 6.45) is 4.39. The highest BCUT2D eigenvalue weighted by Crippen LogP contribution is 2.23. The topological polar surface area (TPSA) is 38.8 Å². The molecule has 1 aromatic rings. The van der Waals surface area contributed by atoms with Crippen LogP contribution in [0.1, 0.15) is 38.2 Å². The normalized spacial score (nSPS) is 17.3. The lowest BCUT2D eigenvalue weighted by atomic mass is 10.1. The molecule has 1 fully saturated rings. The smallest absolute Gasteiger partial charge is 0.414 e. The van der Waals surface area contributed by atoms with Gasteiger partial charge < -0.3 is 9.47 Å². The van der Waals surface area contributed by atoms with Crippen LogP contribution in [0.25, 0.3) is 0 Å². The predicted octanol–water partition coefficient (Wildman–Crippen LogP) is 4.16. The van der Waals surface area contributed by atoms with Crippen molar-refractivity contribution in [2.45, 2.75) is 45.1 Å². The summed E-state index contributed by atoms with van der Waals surface area (Å²) in [7, 11) is 0. The highest BCUT2D eigenvalue weighted by molar-refractivity contribution is 5.72. The van der Waals surface area contributed by atoms with Crippen molar-refractivity contribution in [2.24, 2.45) is 0 Å².